The second-order valence-electron chi connectivity index (χ2n) is 7.80. The summed E-state index contributed by atoms with van der Waals surface area (Å²) in [5.74, 6) is 2.40. The van der Waals surface area contributed by atoms with Gasteiger partial charge in [0.2, 0.25) is 0 Å². The van der Waals surface area contributed by atoms with Crippen LogP contribution >= 0.6 is 28.1 Å². The Morgan fingerprint density at radius 1 is 0.971 bits per heavy atom. The normalized spacial score (nSPS) is 14.6. The van der Waals surface area contributed by atoms with Crippen molar-refractivity contribution in [2.75, 3.05) is 11.5 Å². The fourth-order valence-corrected chi connectivity index (χ4v) is 4.44. The van der Waals surface area contributed by atoms with Crippen molar-refractivity contribution in [3.05, 3.63) is 94.5 Å². The summed E-state index contributed by atoms with van der Waals surface area (Å²) in [4.78, 5) is 14.4. The largest absolute Gasteiger partial charge is 0.494 e. The summed E-state index contributed by atoms with van der Waals surface area (Å²) in [7, 11) is 0. The van der Waals surface area contributed by atoms with Gasteiger partial charge in [0, 0.05) is 10.5 Å². The van der Waals surface area contributed by atoms with Crippen molar-refractivity contribution < 1.29 is 18.7 Å². The lowest BCUT2D eigenvalue weighted by molar-refractivity contribution is -0.113. The zero-order valence-corrected chi connectivity index (χ0v) is 21.2. The summed E-state index contributed by atoms with van der Waals surface area (Å²) < 4.78 is 18.3. The van der Waals surface area contributed by atoms with Crippen LogP contribution in [0, 0.1) is 0 Å². The predicted octanol–water partition coefficient (Wildman–Crippen LogP) is 6.44. The minimum absolute atomic E-state index is 0.254. The van der Waals surface area contributed by atoms with Crippen LogP contribution in [0.25, 0.3) is 16.8 Å². The van der Waals surface area contributed by atoms with Gasteiger partial charge in [0.05, 0.1) is 12.3 Å². The SMILES string of the molecule is CCOc1ccc(N2C(=O)/C(=C\c3ccc(COc4ccc5cc(Br)ccc5c4)o3)NC2=S)cc1. The molecule has 2 heterocycles. The van der Waals surface area contributed by atoms with Gasteiger partial charge in [0.15, 0.2) is 5.11 Å². The number of carbonyl (C=O) groups excluding carboxylic acids is 1. The molecule has 35 heavy (non-hydrogen) atoms. The van der Waals surface area contributed by atoms with Crippen LogP contribution in [0.15, 0.2) is 87.4 Å². The van der Waals surface area contributed by atoms with Gasteiger partial charge < -0.3 is 19.2 Å². The summed E-state index contributed by atoms with van der Waals surface area (Å²) in [6.45, 7) is 2.76. The highest BCUT2D eigenvalue weighted by Crippen LogP contribution is 2.27. The number of anilines is 1. The first-order chi connectivity index (χ1) is 17.0. The first-order valence-electron chi connectivity index (χ1n) is 11.0. The topological polar surface area (TPSA) is 63.9 Å². The Balaban J connectivity index is 1.26. The van der Waals surface area contributed by atoms with E-state index in [1.165, 1.54) is 4.90 Å². The van der Waals surface area contributed by atoms with Crippen molar-refractivity contribution in [3.8, 4) is 11.5 Å². The highest BCUT2D eigenvalue weighted by atomic mass is 79.9. The lowest BCUT2D eigenvalue weighted by atomic mass is 10.1. The van der Waals surface area contributed by atoms with E-state index < -0.39 is 0 Å². The highest BCUT2D eigenvalue weighted by Gasteiger charge is 2.32. The number of amides is 1. The van der Waals surface area contributed by atoms with Gasteiger partial charge in [-0.25, -0.2) is 0 Å². The van der Waals surface area contributed by atoms with Gasteiger partial charge in [-0.2, -0.15) is 0 Å². The van der Waals surface area contributed by atoms with Crippen molar-refractivity contribution in [1.29, 1.82) is 0 Å². The maximum absolute atomic E-state index is 13.0. The molecule has 176 valence electrons. The Morgan fingerprint density at radius 3 is 2.51 bits per heavy atom. The molecular weight excluding hydrogens is 528 g/mol. The van der Waals surface area contributed by atoms with Crippen LogP contribution in [-0.2, 0) is 11.4 Å². The number of nitrogens with one attached hydrogen (secondary N) is 1. The number of hydrogen-bond donors (Lipinski definition) is 1. The van der Waals surface area contributed by atoms with E-state index in [1.54, 1.807) is 24.3 Å². The van der Waals surface area contributed by atoms with Crippen LogP contribution in [0.2, 0.25) is 0 Å². The third-order valence-corrected chi connectivity index (χ3v) is 6.19. The number of hydrogen-bond acceptors (Lipinski definition) is 5. The Labute approximate surface area is 216 Å². The molecular formula is C27H21BrN2O4S. The van der Waals surface area contributed by atoms with Crippen LogP contribution in [0.5, 0.6) is 11.5 Å². The molecule has 1 aromatic heterocycles. The van der Waals surface area contributed by atoms with E-state index >= 15 is 0 Å². The van der Waals surface area contributed by atoms with Crippen LogP contribution in [0.4, 0.5) is 5.69 Å². The van der Waals surface area contributed by atoms with Gasteiger partial charge in [-0.05, 0) is 90.6 Å². The first kappa shape index (κ1) is 23.1. The van der Waals surface area contributed by atoms with Crippen molar-refractivity contribution in [1.82, 2.24) is 5.32 Å². The molecule has 1 amide bonds. The average Bonchev–Trinajstić information content (AvgIpc) is 3.42. The minimum atomic E-state index is -0.254. The molecule has 1 aliphatic heterocycles. The zero-order valence-electron chi connectivity index (χ0n) is 18.8. The molecule has 0 aliphatic carbocycles. The quantitative estimate of drug-likeness (QED) is 0.212. The van der Waals surface area contributed by atoms with Crippen molar-refractivity contribution in [2.24, 2.45) is 0 Å². The van der Waals surface area contributed by atoms with E-state index in [1.807, 2.05) is 55.5 Å². The van der Waals surface area contributed by atoms with E-state index in [9.17, 15) is 4.79 Å². The fraction of sp³-hybridized carbons (Fsp3) is 0.111. The number of ether oxygens (including phenoxy) is 2. The van der Waals surface area contributed by atoms with E-state index in [2.05, 4.69) is 27.3 Å². The van der Waals surface area contributed by atoms with Crippen LogP contribution in [-0.4, -0.2) is 17.6 Å². The number of thiocarbonyl (C=S) groups is 1. The molecule has 5 rings (SSSR count). The van der Waals surface area contributed by atoms with Gasteiger partial charge in [0.25, 0.3) is 5.91 Å². The highest BCUT2D eigenvalue weighted by molar-refractivity contribution is 9.10. The number of carbonyl (C=O) groups is 1. The molecule has 0 spiro atoms. The van der Waals surface area contributed by atoms with Gasteiger partial charge in [-0.3, -0.25) is 9.69 Å². The summed E-state index contributed by atoms with van der Waals surface area (Å²) in [6, 6.07) is 22.9. The molecule has 6 nitrogen and oxygen atoms in total. The van der Waals surface area contributed by atoms with E-state index in [-0.39, 0.29) is 12.5 Å². The summed E-state index contributed by atoms with van der Waals surface area (Å²) >= 11 is 8.87. The van der Waals surface area contributed by atoms with Gasteiger partial charge in [0.1, 0.15) is 35.3 Å². The van der Waals surface area contributed by atoms with Crippen LogP contribution in [0.3, 0.4) is 0 Å². The summed E-state index contributed by atoms with van der Waals surface area (Å²) in [6.07, 6.45) is 1.64. The van der Waals surface area contributed by atoms with Gasteiger partial charge in [-0.1, -0.05) is 28.1 Å². The van der Waals surface area contributed by atoms with Crippen LogP contribution in [0.1, 0.15) is 18.4 Å². The standard InChI is InChI=1S/C27H21BrN2O4S/c1-2-32-21-9-6-20(7-10-21)30-26(31)25(29-27(30)35)15-23-11-12-24(34-23)16-33-22-8-4-17-13-19(28)5-3-18(17)14-22/h3-15H,2,16H2,1H3,(H,29,35)/b25-15+. The molecule has 0 atom stereocenters. The zero-order chi connectivity index (χ0) is 24.4. The molecule has 4 aromatic rings. The number of fused-ring (bicyclic) bond motifs is 1. The molecule has 0 radical (unpaired) electrons. The average molecular weight is 549 g/mol. The monoisotopic (exact) mass is 548 g/mol. The molecule has 0 unspecified atom stereocenters. The molecule has 8 heteroatoms. The molecule has 3 aromatic carbocycles. The third-order valence-electron chi connectivity index (χ3n) is 5.41. The Morgan fingerprint density at radius 2 is 1.71 bits per heavy atom. The number of furan rings is 1. The van der Waals surface area contributed by atoms with Crippen molar-refractivity contribution in [2.45, 2.75) is 13.5 Å². The van der Waals surface area contributed by atoms with E-state index in [0.29, 0.717) is 34.6 Å². The number of nitrogens with zero attached hydrogens (tertiary/aromatic N) is 1. The Bertz CT molecular complexity index is 1450. The molecule has 1 fully saturated rings. The Hall–Kier alpha value is -3.62. The predicted molar refractivity (Wildman–Crippen MR) is 143 cm³/mol. The number of benzene rings is 3. The number of halogens is 1. The molecule has 1 aliphatic rings. The first-order valence-corrected chi connectivity index (χ1v) is 12.2. The maximum Gasteiger partial charge on any atom is 0.281 e. The van der Waals surface area contributed by atoms with Crippen molar-refractivity contribution >= 4 is 61.7 Å². The van der Waals surface area contributed by atoms with Crippen LogP contribution < -0.4 is 19.7 Å². The van der Waals surface area contributed by atoms with E-state index in [4.69, 9.17) is 26.1 Å². The summed E-state index contributed by atoms with van der Waals surface area (Å²) in [5, 5.41) is 5.50. The van der Waals surface area contributed by atoms with Gasteiger partial charge in [-0.15, -0.1) is 0 Å². The molecule has 1 saturated heterocycles. The molecule has 0 bridgehead atoms. The van der Waals surface area contributed by atoms with Gasteiger partial charge >= 0.3 is 0 Å². The molecule has 0 saturated carbocycles. The third kappa shape index (κ3) is 5.08. The lowest BCUT2D eigenvalue weighted by Gasteiger charge is -2.14. The number of rotatable bonds is 7. The van der Waals surface area contributed by atoms with E-state index in [0.717, 1.165) is 26.7 Å². The lowest BCUT2D eigenvalue weighted by Crippen LogP contribution is -2.30. The molecule has 1 N–H and O–H groups in total. The fourth-order valence-electron chi connectivity index (χ4n) is 3.76. The Kier molecular flexibility index (Phi) is 6.57. The maximum atomic E-state index is 13.0. The minimum Gasteiger partial charge on any atom is -0.494 e. The smallest absolute Gasteiger partial charge is 0.281 e. The van der Waals surface area contributed by atoms with Crippen molar-refractivity contribution in [3.63, 3.8) is 0 Å². The second-order valence-corrected chi connectivity index (χ2v) is 9.10. The summed E-state index contributed by atoms with van der Waals surface area (Å²) in [5.41, 5.74) is 1.00. The second kappa shape index (κ2) is 9.93.